The highest BCUT2D eigenvalue weighted by Gasteiger charge is 2.40. The second-order valence-corrected chi connectivity index (χ2v) is 4.77. The maximum Gasteiger partial charge on any atom is 0.317 e. The Kier molecular flexibility index (Phi) is 6.07. The second-order valence-electron chi connectivity index (χ2n) is 4.77. The smallest absolute Gasteiger partial charge is 0.317 e. The van der Waals surface area contributed by atoms with Crippen LogP contribution in [0.5, 0.6) is 0 Å². The Morgan fingerprint density at radius 2 is 1.85 bits per heavy atom. The van der Waals surface area contributed by atoms with Crippen molar-refractivity contribution in [3.05, 3.63) is 35.4 Å². The number of carbonyl (C=O) groups excluding carboxylic acids is 1. The summed E-state index contributed by atoms with van der Waals surface area (Å²) in [6, 6.07) is 3.08. The molecule has 0 fully saturated rings. The molecule has 0 saturated carbocycles. The normalized spacial score (nSPS) is 13.8. The molecule has 1 unspecified atom stereocenters. The van der Waals surface area contributed by atoms with Crippen molar-refractivity contribution in [2.75, 3.05) is 13.2 Å². The summed E-state index contributed by atoms with van der Waals surface area (Å²) < 4.78 is 31.9. The molecule has 5 heteroatoms. The van der Waals surface area contributed by atoms with Crippen LogP contribution in [0.4, 0.5) is 8.78 Å². The first-order valence-electron chi connectivity index (χ1n) is 6.84. The largest absolute Gasteiger partial charge is 0.465 e. The van der Waals surface area contributed by atoms with Gasteiger partial charge in [0.2, 0.25) is 0 Å². The zero-order chi connectivity index (χ0) is 15.2. The van der Waals surface area contributed by atoms with Crippen molar-refractivity contribution in [2.45, 2.75) is 38.5 Å². The molecule has 0 aliphatic heterocycles. The molecule has 2 N–H and O–H groups in total. The molecule has 1 atom stereocenters. The Bertz CT molecular complexity index is 445. The number of unbranched alkanes of at least 4 members (excludes halogenated alkanes) is 1. The predicted octanol–water partition coefficient (Wildman–Crippen LogP) is 2.91. The van der Waals surface area contributed by atoms with Crippen LogP contribution in [-0.2, 0) is 14.9 Å². The minimum absolute atomic E-state index is 0.0469. The van der Waals surface area contributed by atoms with Gasteiger partial charge in [-0.15, -0.1) is 0 Å². The average molecular weight is 285 g/mol. The van der Waals surface area contributed by atoms with Gasteiger partial charge in [-0.1, -0.05) is 19.8 Å². The van der Waals surface area contributed by atoms with E-state index in [0.29, 0.717) is 12.8 Å². The van der Waals surface area contributed by atoms with Crippen LogP contribution < -0.4 is 5.73 Å². The van der Waals surface area contributed by atoms with Crippen molar-refractivity contribution in [2.24, 2.45) is 5.73 Å². The predicted molar refractivity (Wildman–Crippen MR) is 73.2 cm³/mol. The summed E-state index contributed by atoms with van der Waals surface area (Å²) in [4.78, 5) is 12.3. The summed E-state index contributed by atoms with van der Waals surface area (Å²) in [5, 5.41) is 0. The molecular formula is C15H21F2NO2. The highest BCUT2D eigenvalue weighted by atomic mass is 19.1. The van der Waals surface area contributed by atoms with Gasteiger partial charge in [0.05, 0.1) is 6.61 Å². The molecule has 1 aromatic carbocycles. The maximum absolute atomic E-state index is 13.4. The van der Waals surface area contributed by atoms with E-state index < -0.39 is 23.0 Å². The minimum atomic E-state index is -1.19. The van der Waals surface area contributed by atoms with Gasteiger partial charge in [-0.2, -0.15) is 0 Å². The maximum atomic E-state index is 13.4. The van der Waals surface area contributed by atoms with E-state index in [9.17, 15) is 13.6 Å². The number of ether oxygens (including phenoxy) is 1. The third kappa shape index (κ3) is 3.54. The van der Waals surface area contributed by atoms with Gasteiger partial charge in [0, 0.05) is 12.6 Å². The van der Waals surface area contributed by atoms with Crippen molar-refractivity contribution < 1.29 is 18.3 Å². The number of rotatable bonds is 7. The van der Waals surface area contributed by atoms with Crippen molar-refractivity contribution in [3.63, 3.8) is 0 Å². The molecular weight excluding hydrogens is 264 g/mol. The van der Waals surface area contributed by atoms with Crippen LogP contribution in [0.25, 0.3) is 0 Å². The average Bonchev–Trinajstić information content (AvgIpc) is 2.39. The number of nitrogens with two attached hydrogens (primary N) is 1. The fourth-order valence-electron chi connectivity index (χ4n) is 2.25. The van der Waals surface area contributed by atoms with Crippen LogP contribution in [-0.4, -0.2) is 19.1 Å². The molecule has 112 valence electrons. The van der Waals surface area contributed by atoms with Crippen LogP contribution in [0.2, 0.25) is 0 Å². The van der Waals surface area contributed by atoms with E-state index in [4.69, 9.17) is 10.5 Å². The van der Waals surface area contributed by atoms with Gasteiger partial charge in [-0.3, -0.25) is 4.79 Å². The second kappa shape index (κ2) is 7.33. The van der Waals surface area contributed by atoms with Crippen molar-refractivity contribution in [3.8, 4) is 0 Å². The zero-order valence-corrected chi connectivity index (χ0v) is 11.9. The number of halogens is 2. The Morgan fingerprint density at radius 3 is 2.30 bits per heavy atom. The molecule has 0 amide bonds. The lowest BCUT2D eigenvalue weighted by Gasteiger charge is -2.30. The zero-order valence-electron chi connectivity index (χ0n) is 11.9. The van der Waals surface area contributed by atoms with Gasteiger partial charge in [0.15, 0.2) is 0 Å². The van der Waals surface area contributed by atoms with Crippen LogP contribution >= 0.6 is 0 Å². The summed E-state index contributed by atoms with van der Waals surface area (Å²) in [6.07, 6.45) is 1.97. The Labute approximate surface area is 118 Å². The number of esters is 1. The summed E-state index contributed by atoms with van der Waals surface area (Å²) in [5.74, 6) is -1.97. The fraction of sp³-hybridized carbons (Fsp3) is 0.533. The Hall–Kier alpha value is -1.49. The Morgan fingerprint density at radius 1 is 1.25 bits per heavy atom. The van der Waals surface area contributed by atoms with E-state index in [1.807, 2.05) is 6.92 Å². The van der Waals surface area contributed by atoms with Crippen LogP contribution in [0.3, 0.4) is 0 Å². The monoisotopic (exact) mass is 285 g/mol. The third-order valence-electron chi connectivity index (χ3n) is 3.39. The summed E-state index contributed by atoms with van der Waals surface area (Å²) >= 11 is 0. The number of carbonyl (C=O) groups is 1. The number of benzene rings is 1. The minimum Gasteiger partial charge on any atom is -0.465 e. The standard InChI is InChI=1S/C15H21F2NO2/c1-3-5-6-15(10-18,14(19)20-4-2)11-7-12(16)9-13(17)8-11/h7-9H,3-6,10,18H2,1-2H3. The van der Waals surface area contributed by atoms with Gasteiger partial charge in [0.25, 0.3) is 0 Å². The van der Waals surface area contributed by atoms with E-state index >= 15 is 0 Å². The van der Waals surface area contributed by atoms with E-state index in [1.165, 1.54) is 0 Å². The van der Waals surface area contributed by atoms with Crippen LogP contribution in [0.1, 0.15) is 38.7 Å². The molecule has 0 radical (unpaired) electrons. The molecule has 0 aromatic heterocycles. The van der Waals surface area contributed by atoms with Gasteiger partial charge in [0.1, 0.15) is 17.0 Å². The lowest BCUT2D eigenvalue weighted by atomic mass is 9.76. The molecule has 1 aromatic rings. The van der Waals surface area contributed by atoms with Crippen molar-refractivity contribution in [1.29, 1.82) is 0 Å². The SMILES string of the molecule is CCCCC(CN)(C(=O)OCC)c1cc(F)cc(F)c1. The molecule has 0 spiro atoms. The highest BCUT2D eigenvalue weighted by molar-refractivity contribution is 5.83. The molecule has 0 bridgehead atoms. The molecule has 0 aliphatic rings. The third-order valence-corrected chi connectivity index (χ3v) is 3.39. The van der Waals surface area contributed by atoms with Gasteiger partial charge >= 0.3 is 5.97 Å². The molecule has 1 rings (SSSR count). The highest BCUT2D eigenvalue weighted by Crippen LogP contribution is 2.32. The fourth-order valence-corrected chi connectivity index (χ4v) is 2.25. The molecule has 0 aliphatic carbocycles. The topological polar surface area (TPSA) is 52.3 Å². The van der Waals surface area contributed by atoms with E-state index in [1.54, 1.807) is 6.92 Å². The first-order chi connectivity index (χ1) is 9.50. The summed E-state index contributed by atoms with van der Waals surface area (Å²) in [6.45, 7) is 3.81. The lowest BCUT2D eigenvalue weighted by Crippen LogP contribution is -2.44. The number of hydrogen-bond donors (Lipinski definition) is 1. The quantitative estimate of drug-likeness (QED) is 0.784. The molecule has 20 heavy (non-hydrogen) atoms. The van der Waals surface area contributed by atoms with Gasteiger partial charge in [-0.25, -0.2) is 8.78 Å². The van der Waals surface area contributed by atoms with E-state index in [-0.39, 0.29) is 18.7 Å². The number of hydrogen-bond acceptors (Lipinski definition) is 3. The van der Waals surface area contributed by atoms with Crippen molar-refractivity contribution >= 4 is 5.97 Å². The van der Waals surface area contributed by atoms with Crippen LogP contribution in [0.15, 0.2) is 18.2 Å². The van der Waals surface area contributed by atoms with Gasteiger partial charge in [-0.05, 0) is 31.0 Å². The lowest BCUT2D eigenvalue weighted by molar-refractivity contribution is -0.150. The van der Waals surface area contributed by atoms with E-state index in [0.717, 1.165) is 24.6 Å². The summed E-state index contributed by atoms with van der Waals surface area (Å²) in [7, 11) is 0. The van der Waals surface area contributed by atoms with Crippen LogP contribution in [0, 0.1) is 11.6 Å². The van der Waals surface area contributed by atoms with Gasteiger partial charge < -0.3 is 10.5 Å². The van der Waals surface area contributed by atoms with Crippen molar-refractivity contribution in [1.82, 2.24) is 0 Å². The first kappa shape index (κ1) is 16.6. The van der Waals surface area contributed by atoms with E-state index in [2.05, 4.69) is 0 Å². The summed E-state index contributed by atoms with van der Waals surface area (Å²) in [5.41, 5.74) is 4.82. The molecule has 0 saturated heterocycles. The molecule has 0 heterocycles. The molecule has 3 nitrogen and oxygen atoms in total. The first-order valence-corrected chi connectivity index (χ1v) is 6.84. The Balaban J connectivity index is 3.29.